The second-order valence-electron chi connectivity index (χ2n) is 5.59. The second-order valence-corrected chi connectivity index (χ2v) is 5.59. The Labute approximate surface area is 163 Å². The summed E-state index contributed by atoms with van der Waals surface area (Å²) in [6.45, 7) is 0. The molecule has 0 aliphatic rings. The van der Waals surface area contributed by atoms with Gasteiger partial charge in [0.15, 0.2) is 16.9 Å². The van der Waals surface area contributed by atoms with Gasteiger partial charge in [0, 0.05) is 0 Å². The smallest absolute Gasteiger partial charge is 0.261 e. The molecule has 15 heteroatoms. The summed E-state index contributed by atoms with van der Waals surface area (Å²) >= 11 is 0. The van der Waals surface area contributed by atoms with E-state index < -0.39 is 0 Å². The van der Waals surface area contributed by atoms with Gasteiger partial charge >= 0.3 is 0 Å². The lowest BCUT2D eigenvalue weighted by Crippen LogP contribution is -2.04. The monoisotopic (exact) mass is 408 g/mol. The molecular formula is C15H12N12O3. The molecule has 0 saturated heterocycles. The molecule has 0 aromatic carbocycles. The highest BCUT2D eigenvalue weighted by Crippen LogP contribution is 1.97. The normalized spacial score (nSPS) is 10.4. The number of rotatable bonds is 0. The highest BCUT2D eigenvalue weighted by molar-refractivity contribution is 5.72. The molecule has 0 aliphatic heterocycles. The number of nitrogens with zero attached hydrogens (tertiary/aromatic N) is 6. The number of fused-ring (bicyclic) bond motifs is 3. The van der Waals surface area contributed by atoms with Crippen LogP contribution < -0.4 is 16.7 Å². The minimum Gasteiger partial charge on any atom is -0.312 e. The molecule has 0 unspecified atom stereocenters. The van der Waals surface area contributed by atoms with Gasteiger partial charge in [-0.05, 0) is 0 Å². The molecule has 6 rings (SSSR count). The Hall–Kier alpha value is -4.95. The molecule has 0 bridgehead atoms. The fourth-order valence-corrected chi connectivity index (χ4v) is 2.33. The van der Waals surface area contributed by atoms with E-state index in [0.717, 1.165) is 0 Å². The Balaban J connectivity index is 0.000000109. The molecule has 6 aromatic rings. The van der Waals surface area contributed by atoms with Crippen LogP contribution in [0.25, 0.3) is 33.1 Å². The van der Waals surface area contributed by atoms with Gasteiger partial charge in [0.2, 0.25) is 0 Å². The van der Waals surface area contributed by atoms with Crippen LogP contribution in [-0.2, 0) is 0 Å². The molecule has 0 aliphatic carbocycles. The van der Waals surface area contributed by atoms with Crippen molar-refractivity contribution in [3.8, 4) is 0 Å². The summed E-state index contributed by atoms with van der Waals surface area (Å²) in [5.41, 5.74) is 1.05. The van der Waals surface area contributed by atoms with Crippen LogP contribution in [0.4, 0.5) is 0 Å². The van der Waals surface area contributed by atoms with E-state index in [2.05, 4.69) is 60.5 Å². The Morgan fingerprint density at radius 2 is 0.800 bits per heavy atom. The average molecular weight is 408 g/mol. The van der Waals surface area contributed by atoms with Gasteiger partial charge < -0.3 is 15.0 Å². The average Bonchev–Trinajstić information content (AvgIpc) is 3.50. The Bertz CT molecular complexity index is 1390. The molecule has 0 atom stereocenters. The van der Waals surface area contributed by atoms with Crippen LogP contribution >= 0.6 is 0 Å². The van der Waals surface area contributed by atoms with E-state index in [1.165, 1.54) is 37.6 Å². The number of aromatic amines is 6. The lowest BCUT2D eigenvalue weighted by atomic mass is 10.4. The van der Waals surface area contributed by atoms with Crippen molar-refractivity contribution in [2.45, 2.75) is 0 Å². The summed E-state index contributed by atoms with van der Waals surface area (Å²) in [5, 5.41) is 20.2. The zero-order valence-corrected chi connectivity index (χ0v) is 14.9. The van der Waals surface area contributed by atoms with Crippen molar-refractivity contribution in [3.63, 3.8) is 0 Å². The molecule has 0 saturated carbocycles. The molecule has 30 heavy (non-hydrogen) atoms. The van der Waals surface area contributed by atoms with Crippen molar-refractivity contribution in [1.29, 1.82) is 0 Å². The number of aromatic nitrogens is 12. The first-order valence-corrected chi connectivity index (χ1v) is 8.24. The van der Waals surface area contributed by atoms with Crippen LogP contribution in [0.5, 0.6) is 0 Å². The summed E-state index contributed by atoms with van der Waals surface area (Å²) < 4.78 is 0. The molecule has 15 nitrogen and oxygen atoms in total. The predicted molar refractivity (Wildman–Crippen MR) is 104 cm³/mol. The third-order valence-corrected chi connectivity index (χ3v) is 3.76. The van der Waals surface area contributed by atoms with E-state index >= 15 is 0 Å². The summed E-state index contributed by atoms with van der Waals surface area (Å²) in [4.78, 5) is 51.4. The van der Waals surface area contributed by atoms with Crippen LogP contribution in [0.15, 0.2) is 52.0 Å². The number of H-pyrrole nitrogens is 6. The molecule has 6 aromatic heterocycles. The summed E-state index contributed by atoms with van der Waals surface area (Å²) in [6.07, 6.45) is 8.35. The molecule has 6 heterocycles. The van der Waals surface area contributed by atoms with Crippen LogP contribution in [0.1, 0.15) is 0 Å². The van der Waals surface area contributed by atoms with Crippen molar-refractivity contribution in [2.75, 3.05) is 0 Å². The van der Waals surface area contributed by atoms with Crippen molar-refractivity contribution in [3.05, 3.63) is 68.6 Å². The quantitative estimate of drug-likeness (QED) is 0.180. The lowest BCUT2D eigenvalue weighted by Gasteiger charge is -1.81. The van der Waals surface area contributed by atoms with E-state index in [-0.39, 0.29) is 16.7 Å². The first kappa shape index (κ1) is 18.4. The summed E-state index contributed by atoms with van der Waals surface area (Å²) in [5.74, 6) is 0. The third kappa shape index (κ3) is 3.70. The largest absolute Gasteiger partial charge is 0.312 e. The topological polar surface area (TPSA) is 223 Å². The molecule has 0 radical (unpaired) electrons. The molecule has 150 valence electrons. The van der Waals surface area contributed by atoms with Crippen molar-refractivity contribution < 1.29 is 0 Å². The van der Waals surface area contributed by atoms with Gasteiger partial charge in [0.1, 0.15) is 16.2 Å². The van der Waals surface area contributed by atoms with Crippen molar-refractivity contribution in [2.24, 2.45) is 0 Å². The van der Waals surface area contributed by atoms with Crippen molar-refractivity contribution >= 4 is 33.1 Å². The van der Waals surface area contributed by atoms with E-state index in [4.69, 9.17) is 0 Å². The minimum absolute atomic E-state index is 0.168. The Kier molecular flexibility index (Phi) is 4.89. The minimum atomic E-state index is -0.168. The summed E-state index contributed by atoms with van der Waals surface area (Å²) in [7, 11) is 0. The zero-order chi connectivity index (χ0) is 20.9. The molecule has 0 amide bonds. The Morgan fingerprint density at radius 1 is 0.500 bits per heavy atom. The van der Waals surface area contributed by atoms with E-state index in [0.29, 0.717) is 33.1 Å². The number of hydrogen-bond donors (Lipinski definition) is 6. The van der Waals surface area contributed by atoms with Gasteiger partial charge in [0.25, 0.3) is 16.7 Å². The van der Waals surface area contributed by atoms with Gasteiger partial charge in [-0.15, -0.1) is 0 Å². The number of hydrogen-bond acceptors (Lipinski definition) is 9. The first-order chi connectivity index (χ1) is 14.6. The molecule has 6 N–H and O–H groups in total. The van der Waals surface area contributed by atoms with Crippen LogP contribution in [0, 0.1) is 0 Å². The predicted octanol–water partition coefficient (Wildman–Crippen LogP) is -1.06. The van der Waals surface area contributed by atoms with E-state index in [1.807, 2.05) is 0 Å². The van der Waals surface area contributed by atoms with Crippen molar-refractivity contribution in [1.82, 2.24) is 60.5 Å². The zero-order valence-electron chi connectivity index (χ0n) is 14.9. The number of nitrogens with one attached hydrogen (secondary N) is 6. The highest BCUT2D eigenvalue weighted by Gasteiger charge is 1.99. The maximum Gasteiger partial charge on any atom is 0.261 e. The van der Waals surface area contributed by atoms with Gasteiger partial charge in [-0.3, -0.25) is 29.7 Å². The lowest BCUT2D eigenvalue weighted by molar-refractivity contribution is 1.08. The van der Waals surface area contributed by atoms with Gasteiger partial charge in [-0.2, -0.15) is 15.3 Å². The Morgan fingerprint density at radius 3 is 1.07 bits per heavy atom. The maximum absolute atomic E-state index is 10.9. The van der Waals surface area contributed by atoms with Gasteiger partial charge in [-0.25, -0.2) is 15.0 Å². The fraction of sp³-hybridized carbons (Fsp3) is 0. The molecule has 0 spiro atoms. The SMILES string of the molecule is O=c1[nH]cnc2[nH]ncc12.O=c1[nH]cnc2[nH]ncc12.O=c1[nH]cnc2[nH]ncc12. The maximum atomic E-state index is 10.9. The highest BCUT2D eigenvalue weighted by atomic mass is 16.1. The van der Waals surface area contributed by atoms with Gasteiger partial charge in [0.05, 0.1) is 37.6 Å². The summed E-state index contributed by atoms with van der Waals surface area (Å²) in [6, 6.07) is 0. The fourth-order valence-electron chi connectivity index (χ4n) is 2.33. The molecule has 0 fully saturated rings. The molecular weight excluding hydrogens is 396 g/mol. The standard InChI is InChI=1S/3C5H4N4O/c3*10-5-3-1-8-9-4(3)6-2-7-5/h3*1-2H,(H2,6,7,8,9,10). The third-order valence-electron chi connectivity index (χ3n) is 3.76. The first-order valence-electron chi connectivity index (χ1n) is 8.24. The van der Waals surface area contributed by atoms with E-state index in [1.54, 1.807) is 0 Å². The van der Waals surface area contributed by atoms with Crippen LogP contribution in [0.3, 0.4) is 0 Å². The van der Waals surface area contributed by atoms with Gasteiger partial charge in [-0.1, -0.05) is 0 Å². The van der Waals surface area contributed by atoms with Crippen LogP contribution in [0.2, 0.25) is 0 Å². The van der Waals surface area contributed by atoms with E-state index in [9.17, 15) is 14.4 Å². The second kappa shape index (κ2) is 7.97. The van der Waals surface area contributed by atoms with Crippen LogP contribution in [-0.4, -0.2) is 60.5 Å².